The van der Waals surface area contributed by atoms with Gasteiger partial charge in [-0.15, -0.1) is 11.8 Å². The van der Waals surface area contributed by atoms with Gasteiger partial charge in [-0.1, -0.05) is 27.7 Å². The molecule has 1 rings (SSSR count). The van der Waals surface area contributed by atoms with E-state index in [1.165, 1.54) is 6.42 Å². The Bertz CT molecular complexity index is 337. The zero-order valence-electron chi connectivity index (χ0n) is 12.3. The SMILES string of the molecule is CC1(C)CC(NC(=O)CSCC(=O)O)CC(C)(C)C1. The predicted octanol–water partition coefficient (Wildman–Crippen LogP) is 2.53. The zero-order valence-corrected chi connectivity index (χ0v) is 13.1. The maximum absolute atomic E-state index is 11.8. The van der Waals surface area contributed by atoms with Crippen LogP contribution in [0.15, 0.2) is 0 Å². The molecule has 0 aromatic heterocycles. The van der Waals surface area contributed by atoms with E-state index in [2.05, 4.69) is 33.0 Å². The van der Waals surface area contributed by atoms with Crippen LogP contribution in [0.2, 0.25) is 0 Å². The Morgan fingerprint density at radius 3 is 2.16 bits per heavy atom. The summed E-state index contributed by atoms with van der Waals surface area (Å²) >= 11 is 1.15. The molecular weight excluding hydrogens is 262 g/mol. The van der Waals surface area contributed by atoms with Gasteiger partial charge in [-0.2, -0.15) is 0 Å². The topological polar surface area (TPSA) is 66.4 Å². The summed E-state index contributed by atoms with van der Waals surface area (Å²) in [5.74, 6) is -0.721. The van der Waals surface area contributed by atoms with E-state index in [0.717, 1.165) is 24.6 Å². The number of thioether (sulfide) groups is 1. The lowest BCUT2D eigenvalue weighted by Gasteiger charge is -2.45. The van der Waals surface area contributed by atoms with Crippen molar-refractivity contribution in [2.24, 2.45) is 10.8 Å². The maximum atomic E-state index is 11.8. The molecule has 0 radical (unpaired) electrons. The summed E-state index contributed by atoms with van der Waals surface area (Å²) in [7, 11) is 0. The van der Waals surface area contributed by atoms with Gasteiger partial charge in [0.25, 0.3) is 0 Å². The van der Waals surface area contributed by atoms with Gasteiger partial charge in [0.15, 0.2) is 0 Å². The third-order valence-electron chi connectivity index (χ3n) is 3.38. The molecule has 5 heteroatoms. The predicted molar refractivity (Wildman–Crippen MR) is 78.3 cm³/mol. The van der Waals surface area contributed by atoms with Gasteiger partial charge in [-0.05, 0) is 30.1 Å². The molecule has 0 bridgehead atoms. The summed E-state index contributed by atoms with van der Waals surface area (Å²) in [4.78, 5) is 22.2. The molecule has 1 aliphatic rings. The standard InChI is InChI=1S/C14H25NO3S/c1-13(2)5-10(6-14(3,4)9-13)15-11(16)7-19-8-12(17)18/h10H,5-9H2,1-4H3,(H,15,16)(H,17,18). The number of aliphatic carboxylic acids is 1. The number of carboxylic acids is 1. The Morgan fingerprint density at radius 1 is 1.16 bits per heavy atom. The highest BCUT2D eigenvalue weighted by Crippen LogP contribution is 2.45. The monoisotopic (exact) mass is 287 g/mol. The Balaban J connectivity index is 2.43. The molecule has 1 aliphatic carbocycles. The third kappa shape index (κ3) is 6.32. The first kappa shape index (κ1) is 16.3. The average molecular weight is 287 g/mol. The van der Waals surface area contributed by atoms with Gasteiger partial charge in [0.2, 0.25) is 5.91 Å². The molecule has 0 aliphatic heterocycles. The van der Waals surface area contributed by atoms with Crippen molar-refractivity contribution in [3.8, 4) is 0 Å². The van der Waals surface area contributed by atoms with Crippen molar-refractivity contribution < 1.29 is 14.7 Å². The normalized spacial score (nSPS) is 21.9. The van der Waals surface area contributed by atoms with Crippen molar-refractivity contribution >= 4 is 23.6 Å². The molecule has 0 heterocycles. The van der Waals surface area contributed by atoms with E-state index in [1.54, 1.807) is 0 Å². The Kier molecular flexibility index (Phi) is 5.30. The molecule has 1 saturated carbocycles. The summed E-state index contributed by atoms with van der Waals surface area (Å²) in [5, 5.41) is 11.6. The van der Waals surface area contributed by atoms with Gasteiger partial charge >= 0.3 is 5.97 Å². The number of carbonyl (C=O) groups is 2. The summed E-state index contributed by atoms with van der Waals surface area (Å²) in [6.45, 7) is 8.97. The second-order valence-electron chi connectivity index (χ2n) is 7.06. The minimum atomic E-state index is -0.877. The van der Waals surface area contributed by atoms with Crippen LogP contribution < -0.4 is 5.32 Å². The quantitative estimate of drug-likeness (QED) is 0.815. The smallest absolute Gasteiger partial charge is 0.313 e. The molecule has 19 heavy (non-hydrogen) atoms. The van der Waals surface area contributed by atoms with Crippen LogP contribution in [0.25, 0.3) is 0 Å². The fourth-order valence-corrected chi connectivity index (χ4v) is 3.99. The van der Waals surface area contributed by atoms with Crippen LogP contribution in [0.4, 0.5) is 0 Å². The minimum Gasteiger partial charge on any atom is -0.481 e. The molecule has 0 spiro atoms. The number of hydrogen-bond donors (Lipinski definition) is 2. The fraction of sp³-hybridized carbons (Fsp3) is 0.857. The summed E-state index contributed by atoms with van der Waals surface area (Å²) in [6.07, 6.45) is 3.15. The first-order valence-corrected chi connectivity index (χ1v) is 7.84. The molecule has 0 atom stereocenters. The van der Waals surface area contributed by atoms with E-state index in [4.69, 9.17) is 5.11 Å². The average Bonchev–Trinajstić information content (AvgIpc) is 2.10. The van der Waals surface area contributed by atoms with E-state index in [9.17, 15) is 9.59 Å². The lowest BCUT2D eigenvalue weighted by Crippen LogP contribution is -2.46. The molecule has 0 aromatic rings. The lowest BCUT2D eigenvalue weighted by molar-refractivity contribution is -0.133. The lowest BCUT2D eigenvalue weighted by atomic mass is 9.63. The van der Waals surface area contributed by atoms with Crippen LogP contribution in [0.1, 0.15) is 47.0 Å². The van der Waals surface area contributed by atoms with Crippen LogP contribution in [-0.2, 0) is 9.59 Å². The summed E-state index contributed by atoms with van der Waals surface area (Å²) < 4.78 is 0. The maximum Gasteiger partial charge on any atom is 0.313 e. The van der Waals surface area contributed by atoms with Gasteiger partial charge in [0.1, 0.15) is 0 Å². The Hall–Kier alpha value is -0.710. The molecule has 0 saturated heterocycles. The first-order chi connectivity index (χ1) is 8.60. The second kappa shape index (κ2) is 6.16. The van der Waals surface area contributed by atoms with Crippen LogP contribution in [-0.4, -0.2) is 34.5 Å². The highest BCUT2D eigenvalue weighted by molar-refractivity contribution is 8.00. The van der Waals surface area contributed by atoms with Crippen molar-refractivity contribution in [1.82, 2.24) is 5.32 Å². The van der Waals surface area contributed by atoms with Crippen molar-refractivity contribution in [2.75, 3.05) is 11.5 Å². The van der Waals surface area contributed by atoms with E-state index < -0.39 is 5.97 Å². The largest absolute Gasteiger partial charge is 0.481 e. The van der Waals surface area contributed by atoms with E-state index >= 15 is 0 Å². The molecule has 4 nitrogen and oxygen atoms in total. The van der Waals surface area contributed by atoms with Crippen LogP contribution >= 0.6 is 11.8 Å². The zero-order chi connectivity index (χ0) is 14.7. The molecule has 1 fully saturated rings. The number of nitrogens with one attached hydrogen (secondary N) is 1. The van der Waals surface area contributed by atoms with Crippen molar-refractivity contribution in [3.05, 3.63) is 0 Å². The number of carboxylic acid groups (broad SMARTS) is 1. The first-order valence-electron chi connectivity index (χ1n) is 6.69. The van der Waals surface area contributed by atoms with Gasteiger partial charge in [0, 0.05) is 6.04 Å². The second-order valence-corrected chi connectivity index (χ2v) is 8.05. The number of carbonyl (C=O) groups excluding carboxylic acids is 1. The van der Waals surface area contributed by atoms with Crippen LogP contribution in [0, 0.1) is 10.8 Å². The highest BCUT2D eigenvalue weighted by Gasteiger charge is 2.38. The van der Waals surface area contributed by atoms with Crippen LogP contribution in [0.5, 0.6) is 0 Å². The van der Waals surface area contributed by atoms with Crippen molar-refractivity contribution in [2.45, 2.75) is 53.0 Å². The molecule has 1 amide bonds. The molecule has 110 valence electrons. The highest BCUT2D eigenvalue weighted by atomic mass is 32.2. The Morgan fingerprint density at radius 2 is 1.68 bits per heavy atom. The van der Waals surface area contributed by atoms with E-state index in [-0.39, 0.29) is 34.3 Å². The Labute approximate surface area is 119 Å². The number of hydrogen-bond acceptors (Lipinski definition) is 3. The summed E-state index contributed by atoms with van der Waals surface area (Å²) in [5.41, 5.74) is 0.488. The molecular formula is C14H25NO3S. The van der Waals surface area contributed by atoms with E-state index in [1.807, 2.05) is 0 Å². The molecule has 2 N–H and O–H groups in total. The molecule has 0 unspecified atom stereocenters. The van der Waals surface area contributed by atoms with Gasteiger partial charge in [-0.25, -0.2) is 0 Å². The van der Waals surface area contributed by atoms with Gasteiger partial charge in [0.05, 0.1) is 11.5 Å². The van der Waals surface area contributed by atoms with Gasteiger partial charge in [-0.3, -0.25) is 9.59 Å². The number of amides is 1. The van der Waals surface area contributed by atoms with Crippen molar-refractivity contribution in [1.29, 1.82) is 0 Å². The van der Waals surface area contributed by atoms with Crippen molar-refractivity contribution in [3.63, 3.8) is 0 Å². The third-order valence-corrected chi connectivity index (χ3v) is 4.30. The van der Waals surface area contributed by atoms with E-state index in [0.29, 0.717) is 0 Å². The fourth-order valence-electron chi connectivity index (χ4n) is 3.45. The minimum absolute atomic E-state index is 0.0188. The summed E-state index contributed by atoms with van der Waals surface area (Å²) in [6, 6.07) is 0.205. The number of rotatable bonds is 5. The van der Waals surface area contributed by atoms with Gasteiger partial charge < -0.3 is 10.4 Å². The molecule has 0 aromatic carbocycles. The van der Waals surface area contributed by atoms with Crippen LogP contribution in [0.3, 0.4) is 0 Å².